The molecule has 1 heterocycles. The summed E-state index contributed by atoms with van der Waals surface area (Å²) in [5.41, 5.74) is 2.55. The van der Waals surface area contributed by atoms with E-state index in [1.54, 1.807) is 30.3 Å². The molecule has 3 aromatic carbocycles. The number of carbonyl (C=O) groups excluding carboxylic acids is 2. The van der Waals surface area contributed by atoms with Gasteiger partial charge in [-0.25, -0.2) is 9.38 Å². The number of carbonyl (C=O) groups is 2. The summed E-state index contributed by atoms with van der Waals surface area (Å²) in [6, 6.07) is 18.4. The van der Waals surface area contributed by atoms with E-state index in [2.05, 4.69) is 15.6 Å². The van der Waals surface area contributed by atoms with E-state index in [-0.39, 0.29) is 29.0 Å². The normalized spacial score (nSPS) is 15.4. The minimum atomic E-state index is -0.535. The number of benzene rings is 3. The molecule has 0 radical (unpaired) electrons. The number of hydrogen-bond acceptors (Lipinski definition) is 5. The lowest BCUT2D eigenvalue weighted by molar-refractivity contribution is -0.118. The van der Waals surface area contributed by atoms with Crippen molar-refractivity contribution in [3.05, 3.63) is 93.6 Å². The minimum absolute atomic E-state index is 0.0712. The fourth-order valence-electron chi connectivity index (χ4n) is 3.05. The molecule has 0 atom stereocenters. The largest absolute Gasteiger partial charge is 0.482 e. The molecule has 0 bridgehead atoms. The fraction of sp³-hybridized carbons (Fsp3) is 0.0800. The molecule has 4 rings (SSSR count). The number of ether oxygens (including phenoxy) is 1. The maximum absolute atomic E-state index is 13.6. The highest BCUT2D eigenvalue weighted by Crippen LogP contribution is 2.31. The first-order valence-corrected chi connectivity index (χ1v) is 11.4. The van der Waals surface area contributed by atoms with Crippen molar-refractivity contribution in [1.82, 2.24) is 5.32 Å². The lowest BCUT2D eigenvalue weighted by atomic mass is 10.2. The molecule has 0 spiro atoms. The Labute approximate surface area is 204 Å². The van der Waals surface area contributed by atoms with Crippen LogP contribution in [0.25, 0.3) is 6.08 Å². The first kappa shape index (κ1) is 23.5. The summed E-state index contributed by atoms with van der Waals surface area (Å²) in [6.45, 7) is 1.61. The van der Waals surface area contributed by atoms with Gasteiger partial charge in [-0.1, -0.05) is 48.0 Å². The summed E-state index contributed by atoms with van der Waals surface area (Å²) in [5, 5.41) is 5.97. The zero-order valence-corrected chi connectivity index (χ0v) is 19.5. The highest BCUT2D eigenvalue weighted by molar-refractivity contribution is 8.18. The number of nitrogens with one attached hydrogen (secondary N) is 2. The maximum Gasteiger partial charge on any atom is 0.264 e. The molecular weight excluding hydrogens is 477 g/mol. The number of nitrogens with zero attached hydrogens (tertiary/aromatic N) is 1. The Balaban J connectivity index is 1.40. The Hall–Kier alpha value is -3.62. The number of amides is 2. The Morgan fingerprint density at radius 1 is 1.18 bits per heavy atom. The molecule has 2 amide bonds. The van der Waals surface area contributed by atoms with Crippen LogP contribution in [-0.2, 0) is 9.59 Å². The molecule has 34 heavy (non-hydrogen) atoms. The van der Waals surface area contributed by atoms with Crippen molar-refractivity contribution >= 4 is 57.8 Å². The van der Waals surface area contributed by atoms with Gasteiger partial charge in [0.05, 0.1) is 21.3 Å². The summed E-state index contributed by atoms with van der Waals surface area (Å²) in [6.07, 6.45) is 1.70. The fourth-order valence-corrected chi connectivity index (χ4v) is 4.12. The van der Waals surface area contributed by atoms with Crippen molar-refractivity contribution in [3.63, 3.8) is 0 Å². The van der Waals surface area contributed by atoms with Gasteiger partial charge in [-0.3, -0.25) is 9.59 Å². The minimum Gasteiger partial charge on any atom is -0.482 e. The van der Waals surface area contributed by atoms with Crippen LogP contribution in [0, 0.1) is 12.7 Å². The third-order valence-corrected chi connectivity index (χ3v) is 5.95. The average Bonchev–Trinajstić information content (AvgIpc) is 3.15. The smallest absolute Gasteiger partial charge is 0.264 e. The van der Waals surface area contributed by atoms with Crippen molar-refractivity contribution in [1.29, 1.82) is 0 Å². The summed E-state index contributed by atoms with van der Waals surface area (Å²) in [4.78, 5) is 29.4. The maximum atomic E-state index is 13.6. The van der Waals surface area contributed by atoms with Crippen molar-refractivity contribution in [2.75, 3.05) is 11.9 Å². The van der Waals surface area contributed by atoms with Gasteiger partial charge in [0.1, 0.15) is 11.6 Å². The number of para-hydroxylation sites is 2. The molecule has 0 unspecified atom stereocenters. The lowest BCUT2D eigenvalue weighted by Gasteiger charge is -2.10. The first-order valence-electron chi connectivity index (χ1n) is 10.2. The SMILES string of the molecule is Cc1ccccc1N=C1NC(=O)C(=Cc2ccc(OCC(=O)Nc3ccccc3F)c(Cl)c2)S1. The molecule has 172 valence electrons. The summed E-state index contributed by atoms with van der Waals surface area (Å²) in [5.74, 6) is -1.02. The lowest BCUT2D eigenvalue weighted by Crippen LogP contribution is -2.20. The number of rotatable bonds is 6. The Kier molecular flexibility index (Phi) is 7.30. The van der Waals surface area contributed by atoms with Crippen LogP contribution < -0.4 is 15.4 Å². The number of thioether (sulfide) groups is 1. The quantitative estimate of drug-likeness (QED) is 0.430. The number of amidine groups is 1. The van der Waals surface area contributed by atoms with E-state index in [0.29, 0.717) is 15.6 Å². The van der Waals surface area contributed by atoms with Crippen LogP contribution >= 0.6 is 23.4 Å². The molecule has 3 aromatic rings. The number of aliphatic imine (C=N–C) groups is 1. The summed E-state index contributed by atoms with van der Waals surface area (Å²) in [7, 11) is 0. The predicted octanol–water partition coefficient (Wildman–Crippen LogP) is 5.70. The zero-order valence-electron chi connectivity index (χ0n) is 18.0. The van der Waals surface area contributed by atoms with E-state index in [1.807, 2.05) is 31.2 Å². The molecule has 1 aliphatic heterocycles. The second-order valence-corrected chi connectivity index (χ2v) is 8.71. The highest BCUT2D eigenvalue weighted by Gasteiger charge is 2.24. The molecule has 6 nitrogen and oxygen atoms in total. The second kappa shape index (κ2) is 10.5. The van der Waals surface area contributed by atoms with E-state index in [4.69, 9.17) is 16.3 Å². The summed E-state index contributed by atoms with van der Waals surface area (Å²) < 4.78 is 19.1. The zero-order chi connectivity index (χ0) is 24.1. The third kappa shape index (κ3) is 5.84. The van der Waals surface area contributed by atoms with Crippen LogP contribution in [0.5, 0.6) is 5.75 Å². The van der Waals surface area contributed by atoms with Crippen molar-refractivity contribution in [2.45, 2.75) is 6.92 Å². The molecule has 1 saturated heterocycles. The van der Waals surface area contributed by atoms with Gasteiger partial charge >= 0.3 is 0 Å². The standard InChI is InChI=1S/C25H19ClFN3O3S/c1-15-6-2-4-8-19(15)29-25-30-24(32)22(34-25)13-16-10-11-21(17(26)12-16)33-14-23(31)28-20-9-5-3-7-18(20)27/h2-13H,14H2,1H3,(H,28,31)(H,29,30,32). The van der Waals surface area contributed by atoms with E-state index in [9.17, 15) is 14.0 Å². The number of anilines is 1. The van der Waals surface area contributed by atoms with E-state index < -0.39 is 11.7 Å². The third-order valence-electron chi connectivity index (χ3n) is 4.75. The molecule has 1 fully saturated rings. The van der Waals surface area contributed by atoms with E-state index in [1.165, 1.54) is 30.0 Å². The Bertz CT molecular complexity index is 1330. The van der Waals surface area contributed by atoms with Crippen molar-refractivity contribution in [3.8, 4) is 5.75 Å². The number of halogens is 2. The number of hydrogen-bond donors (Lipinski definition) is 2. The topological polar surface area (TPSA) is 79.8 Å². The molecule has 9 heteroatoms. The first-order chi connectivity index (χ1) is 16.4. The molecular formula is C25H19ClFN3O3S. The van der Waals surface area contributed by atoms with Crippen molar-refractivity contribution < 1.29 is 18.7 Å². The van der Waals surface area contributed by atoms with Gasteiger partial charge in [0.2, 0.25) is 0 Å². The molecule has 1 aliphatic rings. The van der Waals surface area contributed by atoms with Gasteiger partial charge in [0.15, 0.2) is 11.8 Å². The van der Waals surface area contributed by atoms with E-state index in [0.717, 1.165) is 11.3 Å². The highest BCUT2D eigenvalue weighted by atomic mass is 35.5. The van der Waals surface area contributed by atoms with Crippen LogP contribution in [0.3, 0.4) is 0 Å². The van der Waals surface area contributed by atoms with Crippen LogP contribution in [-0.4, -0.2) is 23.6 Å². The molecule has 0 aliphatic carbocycles. The van der Waals surface area contributed by atoms with Gasteiger partial charge < -0.3 is 15.4 Å². The summed E-state index contributed by atoms with van der Waals surface area (Å²) >= 11 is 7.53. The van der Waals surface area contributed by atoms with Gasteiger partial charge in [0.25, 0.3) is 11.8 Å². The van der Waals surface area contributed by atoms with Crippen molar-refractivity contribution in [2.24, 2.45) is 4.99 Å². The van der Waals surface area contributed by atoms with Crippen LogP contribution in [0.15, 0.2) is 76.6 Å². The van der Waals surface area contributed by atoms with Gasteiger partial charge in [-0.2, -0.15) is 0 Å². The molecule has 0 saturated carbocycles. The monoisotopic (exact) mass is 495 g/mol. The van der Waals surface area contributed by atoms with Gasteiger partial charge in [0, 0.05) is 0 Å². The Morgan fingerprint density at radius 2 is 1.94 bits per heavy atom. The Morgan fingerprint density at radius 3 is 2.71 bits per heavy atom. The average molecular weight is 496 g/mol. The molecule has 2 N–H and O–H groups in total. The molecule has 0 aromatic heterocycles. The second-order valence-electron chi connectivity index (χ2n) is 7.27. The van der Waals surface area contributed by atoms with Crippen LogP contribution in [0.2, 0.25) is 5.02 Å². The van der Waals surface area contributed by atoms with Crippen LogP contribution in [0.4, 0.5) is 15.8 Å². The van der Waals surface area contributed by atoms with Gasteiger partial charge in [-0.05, 0) is 66.2 Å². The van der Waals surface area contributed by atoms with Crippen LogP contribution in [0.1, 0.15) is 11.1 Å². The predicted molar refractivity (Wildman–Crippen MR) is 134 cm³/mol. The van der Waals surface area contributed by atoms with E-state index >= 15 is 0 Å². The van der Waals surface area contributed by atoms with Gasteiger partial charge in [-0.15, -0.1) is 0 Å². The number of aryl methyl sites for hydroxylation is 1.